The molecule has 1 aliphatic rings. The van der Waals surface area contributed by atoms with Crippen molar-refractivity contribution in [3.8, 4) is 0 Å². The maximum atomic E-state index is 12.0. The normalized spacial score (nSPS) is 24.0. The summed E-state index contributed by atoms with van der Waals surface area (Å²) in [5, 5.41) is 12.6. The fourth-order valence-corrected chi connectivity index (χ4v) is 2.84. The van der Waals surface area contributed by atoms with E-state index in [9.17, 15) is 9.90 Å². The maximum absolute atomic E-state index is 12.0. The predicted octanol–water partition coefficient (Wildman–Crippen LogP) is 1.02. The number of hydrogen-bond acceptors (Lipinski definition) is 4. The Balaban J connectivity index is 1.95. The van der Waals surface area contributed by atoms with E-state index in [1.807, 2.05) is 18.2 Å². The number of ether oxygens (including phenoxy) is 1. The molecule has 22 heavy (non-hydrogen) atoms. The van der Waals surface area contributed by atoms with Crippen LogP contribution in [0.15, 0.2) is 30.3 Å². The van der Waals surface area contributed by atoms with E-state index in [4.69, 9.17) is 4.74 Å². The van der Waals surface area contributed by atoms with E-state index in [1.54, 1.807) is 6.92 Å². The van der Waals surface area contributed by atoms with Gasteiger partial charge in [-0.25, -0.2) is 0 Å². The molecule has 0 aromatic heterocycles. The summed E-state index contributed by atoms with van der Waals surface area (Å²) in [6, 6.07) is 10.3. The van der Waals surface area contributed by atoms with Crippen LogP contribution < -0.4 is 5.32 Å². The molecule has 1 aromatic carbocycles. The van der Waals surface area contributed by atoms with Crippen molar-refractivity contribution in [3.63, 3.8) is 0 Å². The van der Waals surface area contributed by atoms with E-state index in [-0.39, 0.29) is 24.5 Å². The third kappa shape index (κ3) is 4.53. The first-order valence-electron chi connectivity index (χ1n) is 7.84. The molecular weight excluding hydrogens is 280 g/mol. The van der Waals surface area contributed by atoms with Crippen LogP contribution in [-0.2, 0) is 16.1 Å². The molecule has 0 spiro atoms. The van der Waals surface area contributed by atoms with Crippen LogP contribution in [0.5, 0.6) is 0 Å². The number of rotatable bonds is 6. The van der Waals surface area contributed by atoms with Crippen LogP contribution >= 0.6 is 0 Å². The largest absolute Gasteiger partial charge is 0.396 e. The lowest BCUT2D eigenvalue weighted by molar-refractivity contribution is -0.131. The van der Waals surface area contributed by atoms with Gasteiger partial charge < -0.3 is 15.2 Å². The number of amides is 1. The highest BCUT2D eigenvalue weighted by atomic mass is 16.5. The van der Waals surface area contributed by atoms with E-state index in [0.29, 0.717) is 0 Å². The first-order chi connectivity index (χ1) is 10.6. The number of benzene rings is 1. The molecule has 1 fully saturated rings. The van der Waals surface area contributed by atoms with Crippen molar-refractivity contribution in [1.82, 2.24) is 10.2 Å². The molecule has 1 aliphatic heterocycles. The van der Waals surface area contributed by atoms with Crippen molar-refractivity contribution in [1.29, 1.82) is 0 Å². The Labute approximate surface area is 132 Å². The molecule has 2 rings (SSSR count). The molecule has 2 N–H and O–H groups in total. The molecule has 3 unspecified atom stereocenters. The number of methoxy groups -OCH3 is 1. The number of carbonyl (C=O) groups excluding carboxylic acids is 1. The second-order valence-corrected chi connectivity index (χ2v) is 5.95. The molecular formula is C17H26N2O3. The minimum absolute atomic E-state index is 0.0347. The number of nitrogens with zero attached hydrogens (tertiary/aromatic N) is 1. The molecule has 0 aliphatic carbocycles. The fraction of sp³-hybridized carbons (Fsp3) is 0.588. The average molecular weight is 306 g/mol. The number of nitrogens with one attached hydrogen (secondary N) is 1. The summed E-state index contributed by atoms with van der Waals surface area (Å²) in [5.41, 5.74) is 1.26. The summed E-state index contributed by atoms with van der Waals surface area (Å²) in [7, 11) is 1.52. The standard InChI is InChI=1S/C17H26N2O3/c1-13(22-2)17(21)18-16-11-19(9-8-15(16)12-20)10-14-6-4-3-5-7-14/h3-7,13,15-16,20H,8-12H2,1-2H3,(H,18,21). The van der Waals surface area contributed by atoms with Gasteiger partial charge in [-0.3, -0.25) is 9.69 Å². The number of aliphatic hydroxyl groups excluding tert-OH is 1. The minimum Gasteiger partial charge on any atom is -0.396 e. The summed E-state index contributed by atoms with van der Waals surface area (Å²) in [5.74, 6) is -0.00691. The van der Waals surface area contributed by atoms with Gasteiger partial charge >= 0.3 is 0 Å². The Morgan fingerprint density at radius 3 is 2.82 bits per heavy atom. The highest BCUT2D eigenvalue weighted by Gasteiger charge is 2.30. The molecule has 1 aromatic rings. The summed E-state index contributed by atoms with van der Waals surface area (Å²) in [4.78, 5) is 14.4. The van der Waals surface area contributed by atoms with Crippen molar-refractivity contribution in [2.45, 2.75) is 32.0 Å². The van der Waals surface area contributed by atoms with E-state index in [1.165, 1.54) is 12.7 Å². The lowest BCUT2D eigenvalue weighted by Gasteiger charge is -2.38. The maximum Gasteiger partial charge on any atom is 0.249 e. The first-order valence-corrected chi connectivity index (χ1v) is 7.84. The van der Waals surface area contributed by atoms with Gasteiger partial charge in [-0.15, -0.1) is 0 Å². The topological polar surface area (TPSA) is 61.8 Å². The summed E-state index contributed by atoms with van der Waals surface area (Å²) in [6.07, 6.45) is 0.416. The first kappa shape index (κ1) is 16.9. The smallest absolute Gasteiger partial charge is 0.249 e. The molecule has 0 radical (unpaired) electrons. The van der Waals surface area contributed by atoms with Gasteiger partial charge in [-0.2, -0.15) is 0 Å². The second kappa shape index (κ2) is 8.27. The van der Waals surface area contributed by atoms with Crippen LogP contribution in [0.3, 0.4) is 0 Å². The molecule has 1 saturated heterocycles. The summed E-state index contributed by atoms with van der Waals surface area (Å²) >= 11 is 0. The Morgan fingerprint density at radius 2 is 2.18 bits per heavy atom. The number of carbonyl (C=O) groups is 1. The van der Waals surface area contributed by atoms with Crippen molar-refractivity contribution < 1.29 is 14.6 Å². The number of aliphatic hydroxyl groups is 1. The van der Waals surface area contributed by atoms with Crippen molar-refractivity contribution in [3.05, 3.63) is 35.9 Å². The number of piperidine rings is 1. The van der Waals surface area contributed by atoms with Crippen LogP contribution in [0.25, 0.3) is 0 Å². The summed E-state index contributed by atoms with van der Waals surface area (Å²) < 4.78 is 5.06. The van der Waals surface area contributed by atoms with Gasteiger partial charge in [0.15, 0.2) is 0 Å². The Hall–Kier alpha value is -1.43. The van der Waals surface area contributed by atoms with Crippen LogP contribution in [-0.4, -0.2) is 54.9 Å². The lowest BCUT2D eigenvalue weighted by atomic mass is 9.91. The molecule has 5 nitrogen and oxygen atoms in total. The van der Waals surface area contributed by atoms with E-state index in [2.05, 4.69) is 22.3 Å². The van der Waals surface area contributed by atoms with Gasteiger partial charge in [0.05, 0.1) is 0 Å². The van der Waals surface area contributed by atoms with Gasteiger partial charge in [-0.1, -0.05) is 30.3 Å². The molecule has 122 valence electrons. The molecule has 0 saturated carbocycles. The zero-order chi connectivity index (χ0) is 15.9. The average Bonchev–Trinajstić information content (AvgIpc) is 2.55. The van der Waals surface area contributed by atoms with Crippen LogP contribution in [0.4, 0.5) is 0 Å². The van der Waals surface area contributed by atoms with Gasteiger partial charge in [-0.05, 0) is 25.5 Å². The molecule has 1 amide bonds. The fourth-order valence-electron chi connectivity index (χ4n) is 2.84. The minimum atomic E-state index is -0.469. The number of hydrogen-bond donors (Lipinski definition) is 2. The van der Waals surface area contributed by atoms with E-state index >= 15 is 0 Å². The monoisotopic (exact) mass is 306 g/mol. The highest BCUT2D eigenvalue weighted by Crippen LogP contribution is 2.19. The zero-order valence-electron chi connectivity index (χ0n) is 13.4. The van der Waals surface area contributed by atoms with Gasteiger partial charge in [0, 0.05) is 38.8 Å². The zero-order valence-corrected chi connectivity index (χ0v) is 13.4. The molecule has 1 heterocycles. The van der Waals surface area contributed by atoms with Crippen molar-refractivity contribution >= 4 is 5.91 Å². The van der Waals surface area contributed by atoms with Gasteiger partial charge in [0.25, 0.3) is 0 Å². The predicted molar refractivity (Wildman–Crippen MR) is 85.3 cm³/mol. The molecule has 3 atom stereocenters. The quantitative estimate of drug-likeness (QED) is 0.824. The van der Waals surface area contributed by atoms with Crippen LogP contribution in [0, 0.1) is 5.92 Å². The van der Waals surface area contributed by atoms with E-state index in [0.717, 1.165) is 26.1 Å². The van der Waals surface area contributed by atoms with Gasteiger partial charge in [0.1, 0.15) is 6.10 Å². The van der Waals surface area contributed by atoms with Gasteiger partial charge in [0.2, 0.25) is 5.91 Å². The van der Waals surface area contributed by atoms with Crippen LogP contribution in [0.2, 0.25) is 0 Å². The third-order valence-corrected chi connectivity index (χ3v) is 4.37. The van der Waals surface area contributed by atoms with Crippen LogP contribution in [0.1, 0.15) is 18.9 Å². The van der Waals surface area contributed by atoms with Crippen molar-refractivity contribution in [2.75, 3.05) is 26.8 Å². The Morgan fingerprint density at radius 1 is 1.45 bits per heavy atom. The highest BCUT2D eigenvalue weighted by molar-refractivity contribution is 5.80. The summed E-state index contributed by atoms with van der Waals surface area (Å²) in [6.45, 7) is 4.39. The lowest BCUT2D eigenvalue weighted by Crippen LogP contribution is -2.55. The Bertz CT molecular complexity index is 466. The van der Waals surface area contributed by atoms with E-state index < -0.39 is 6.10 Å². The van der Waals surface area contributed by atoms with Crippen molar-refractivity contribution in [2.24, 2.45) is 5.92 Å². The third-order valence-electron chi connectivity index (χ3n) is 4.37. The number of likely N-dealkylation sites (tertiary alicyclic amines) is 1. The second-order valence-electron chi connectivity index (χ2n) is 5.95. The Kier molecular flexibility index (Phi) is 6.36. The molecule has 5 heteroatoms. The SMILES string of the molecule is COC(C)C(=O)NC1CN(Cc2ccccc2)CCC1CO. The molecule has 0 bridgehead atoms.